The summed E-state index contributed by atoms with van der Waals surface area (Å²) in [5, 5.41) is 17.2. The molecule has 0 fully saturated rings. The number of benzene rings is 13. The van der Waals surface area contributed by atoms with Gasteiger partial charge >= 0.3 is 0 Å². The van der Waals surface area contributed by atoms with Crippen molar-refractivity contribution in [1.29, 1.82) is 0 Å². The Balaban J connectivity index is 0.893. The fraction of sp³-hybridized carbons (Fsp3) is 0. The average Bonchev–Trinajstić information content (AvgIpc) is 4.25. The molecule has 0 aliphatic carbocycles. The molecule has 0 atom stereocenters. The molecule has 17 rings (SSSR count). The molecule has 0 bridgehead atoms. The van der Waals surface area contributed by atoms with Crippen molar-refractivity contribution in [3.63, 3.8) is 0 Å². The third-order valence-corrected chi connectivity index (χ3v) is 16.4. The minimum Gasteiger partial charge on any atom is -0.456 e. The van der Waals surface area contributed by atoms with Gasteiger partial charge in [0.25, 0.3) is 0 Å². The first-order valence-corrected chi connectivity index (χ1v) is 26.1. The molecule has 4 aromatic heterocycles. The normalized spacial score (nSPS) is 12.2. The monoisotopic (exact) mass is 965 g/mol. The lowest BCUT2D eigenvalue weighted by molar-refractivity contribution is 0.669. The van der Waals surface area contributed by atoms with Crippen molar-refractivity contribution >= 4 is 120 Å². The van der Waals surface area contributed by atoms with Gasteiger partial charge in [-0.3, -0.25) is 0 Å². The maximum Gasteiger partial charge on any atom is 0.135 e. The van der Waals surface area contributed by atoms with Crippen molar-refractivity contribution in [1.82, 2.24) is 13.7 Å². The lowest BCUT2D eigenvalue weighted by Gasteiger charge is -2.14. The molecule has 0 saturated carbocycles. The first kappa shape index (κ1) is 41.3. The number of fused-ring (bicyclic) bond motifs is 18. The molecular formula is C72H43N3O. The highest BCUT2D eigenvalue weighted by Crippen LogP contribution is 2.43. The second kappa shape index (κ2) is 15.7. The lowest BCUT2D eigenvalue weighted by Crippen LogP contribution is -1.95. The van der Waals surface area contributed by atoms with Gasteiger partial charge in [0, 0.05) is 60.2 Å². The fourth-order valence-electron chi connectivity index (χ4n) is 13.0. The van der Waals surface area contributed by atoms with Gasteiger partial charge in [0.2, 0.25) is 0 Å². The van der Waals surface area contributed by atoms with E-state index in [1.165, 1.54) is 92.3 Å². The van der Waals surface area contributed by atoms with Gasteiger partial charge in [-0.05, 0) is 152 Å². The second-order valence-electron chi connectivity index (χ2n) is 20.4. The zero-order chi connectivity index (χ0) is 49.6. The summed E-state index contributed by atoms with van der Waals surface area (Å²) in [6.07, 6.45) is 0. The van der Waals surface area contributed by atoms with Crippen LogP contribution in [0.15, 0.2) is 265 Å². The number of rotatable bonds is 5. The van der Waals surface area contributed by atoms with Gasteiger partial charge in [-0.2, -0.15) is 0 Å². The highest BCUT2D eigenvalue weighted by Gasteiger charge is 2.20. The van der Waals surface area contributed by atoms with E-state index in [4.69, 9.17) is 4.42 Å². The van der Waals surface area contributed by atoms with Gasteiger partial charge in [-0.1, -0.05) is 164 Å². The largest absolute Gasteiger partial charge is 0.456 e. The summed E-state index contributed by atoms with van der Waals surface area (Å²) in [6.45, 7) is 0. The maximum atomic E-state index is 6.29. The van der Waals surface area contributed by atoms with Crippen LogP contribution < -0.4 is 0 Å². The van der Waals surface area contributed by atoms with Crippen LogP contribution in [0.4, 0.5) is 0 Å². The van der Waals surface area contributed by atoms with E-state index < -0.39 is 0 Å². The topological polar surface area (TPSA) is 27.9 Å². The van der Waals surface area contributed by atoms with E-state index >= 15 is 0 Å². The Hall–Kier alpha value is -10.2. The molecular weight excluding hydrogens is 923 g/mol. The van der Waals surface area contributed by atoms with Crippen LogP contribution >= 0.6 is 0 Å². The highest BCUT2D eigenvalue weighted by atomic mass is 16.3. The van der Waals surface area contributed by atoms with Gasteiger partial charge < -0.3 is 18.1 Å². The summed E-state index contributed by atoms with van der Waals surface area (Å²) >= 11 is 0. The third-order valence-electron chi connectivity index (χ3n) is 16.4. The van der Waals surface area contributed by atoms with Gasteiger partial charge in [0.15, 0.2) is 0 Å². The lowest BCUT2D eigenvalue weighted by atomic mass is 9.94. The van der Waals surface area contributed by atoms with E-state index in [1.807, 2.05) is 12.1 Å². The summed E-state index contributed by atoms with van der Waals surface area (Å²) in [4.78, 5) is 0. The van der Waals surface area contributed by atoms with E-state index in [0.717, 1.165) is 66.7 Å². The molecule has 0 amide bonds. The van der Waals surface area contributed by atoms with Crippen LogP contribution in [0.3, 0.4) is 0 Å². The molecule has 0 spiro atoms. The third kappa shape index (κ3) is 5.89. The van der Waals surface area contributed by atoms with Crippen LogP contribution in [-0.4, -0.2) is 13.7 Å². The number of hydrogen-bond donors (Lipinski definition) is 0. The molecule has 0 unspecified atom stereocenters. The summed E-state index contributed by atoms with van der Waals surface area (Å²) < 4.78 is 13.6. The zero-order valence-electron chi connectivity index (χ0n) is 41.1. The minimum atomic E-state index is 0.892. The second-order valence-corrected chi connectivity index (χ2v) is 20.4. The summed E-state index contributed by atoms with van der Waals surface area (Å²) in [7, 11) is 0. The van der Waals surface area contributed by atoms with E-state index in [-0.39, 0.29) is 0 Å². The molecule has 13 aromatic carbocycles. The van der Waals surface area contributed by atoms with Crippen molar-refractivity contribution in [2.45, 2.75) is 0 Å². The molecule has 4 nitrogen and oxygen atoms in total. The van der Waals surface area contributed by atoms with Crippen LogP contribution in [-0.2, 0) is 0 Å². The SMILES string of the molecule is c1ccc(-n2c3ccccc3c3ccc(-c4ccc5c(c4)c4cc(-c6ccc7c8ccccc8n(-c8ccc9oc%10ccccc%10c9c8)c7c6)ccc4n5-c4ccc5c6ccccc6c6ccccc6c5c4)cc32)cc1. The molecule has 76 heavy (non-hydrogen) atoms. The van der Waals surface area contributed by atoms with Crippen molar-refractivity contribution in [3.8, 4) is 39.3 Å². The van der Waals surface area contributed by atoms with Crippen molar-refractivity contribution in [3.05, 3.63) is 261 Å². The van der Waals surface area contributed by atoms with Crippen LogP contribution in [0.2, 0.25) is 0 Å². The quantitative estimate of drug-likeness (QED) is 0.158. The Morgan fingerprint density at radius 2 is 0.553 bits per heavy atom. The van der Waals surface area contributed by atoms with Crippen molar-refractivity contribution in [2.75, 3.05) is 0 Å². The first-order valence-electron chi connectivity index (χ1n) is 26.1. The van der Waals surface area contributed by atoms with Crippen molar-refractivity contribution in [2.24, 2.45) is 0 Å². The standard InChI is InChI=1S/C72H43N3O/c1-2-14-48(15-3-1)73-65-23-11-8-20-56(65)58-32-26-46(40-69(58)73)44-28-35-67-62(38-44)63-39-45(29-36-68(63)74(67)49-30-34-55-53-18-5-4-16-51(53)52-17-6-7-19-54(52)61(55)42-49)47-27-33-59-57-21-9-12-24-66(57)75(70(59)41-47)50-31-37-72-64(43-50)60-22-10-13-25-71(60)76-72/h1-43H. The Labute approximate surface area is 435 Å². The Morgan fingerprint density at radius 3 is 1.14 bits per heavy atom. The van der Waals surface area contributed by atoms with Gasteiger partial charge in [0.05, 0.1) is 33.1 Å². The fourth-order valence-corrected chi connectivity index (χ4v) is 13.0. The van der Waals surface area contributed by atoms with E-state index in [0.29, 0.717) is 0 Å². The molecule has 352 valence electrons. The highest BCUT2D eigenvalue weighted by molar-refractivity contribution is 6.26. The average molecular weight is 966 g/mol. The molecule has 0 saturated heterocycles. The Bertz CT molecular complexity index is 5260. The maximum absolute atomic E-state index is 6.29. The molecule has 4 heterocycles. The molecule has 0 aliphatic heterocycles. The number of furan rings is 1. The smallest absolute Gasteiger partial charge is 0.135 e. The molecule has 0 N–H and O–H groups in total. The molecule has 0 radical (unpaired) electrons. The zero-order valence-corrected chi connectivity index (χ0v) is 41.1. The summed E-state index contributed by atoms with van der Waals surface area (Å²) in [5.41, 5.74) is 16.9. The van der Waals surface area contributed by atoms with Crippen LogP contribution in [0, 0.1) is 0 Å². The number of para-hydroxylation sites is 4. The minimum absolute atomic E-state index is 0.892. The summed E-state index contributed by atoms with van der Waals surface area (Å²) in [6, 6.07) is 96.1. The van der Waals surface area contributed by atoms with E-state index in [2.05, 4.69) is 262 Å². The Kier molecular flexibility index (Phi) is 8.52. The number of aromatic nitrogens is 3. The van der Waals surface area contributed by atoms with Crippen LogP contribution in [0.5, 0.6) is 0 Å². The number of hydrogen-bond acceptors (Lipinski definition) is 1. The van der Waals surface area contributed by atoms with Gasteiger partial charge in [-0.15, -0.1) is 0 Å². The van der Waals surface area contributed by atoms with Crippen LogP contribution in [0.25, 0.3) is 159 Å². The first-order chi connectivity index (χ1) is 37.7. The molecule has 17 aromatic rings. The predicted octanol–water partition coefficient (Wildman–Crippen LogP) is 19.7. The van der Waals surface area contributed by atoms with Crippen molar-refractivity contribution < 1.29 is 4.42 Å². The predicted molar refractivity (Wildman–Crippen MR) is 320 cm³/mol. The molecule has 4 heteroatoms. The van der Waals surface area contributed by atoms with E-state index in [9.17, 15) is 0 Å². The van der Waals surface area contributed by atoms with E-state index in [1.54, 1.807) is 0 Å². The van der Waals surface area contributed by atoms with Crippen LogP contribution in [0.1, 0.15) is 0 Å². The van der Waals surface area contributed by atoms with Gasteiger partial charge in [-0.25, -0.2) is 0 Å². The Morgan fingerprint density at radius 1 is 0.184 bits per heavy atom. The molecule has 0 aliphatic rings. The van der Waals surface area contributed by atoms with Gasteiger partial charge in [0.1, 0.15) is 11.2 Å². The number of nitrogens with zero attached hydrogens (tertiary/aromatic N) is 3. The summed E-state index contributed by atoms with van der Waals surface area (Å²) in [5.74, 6) is 0.